The van der Waals surface area contributed by atoms with Crippen molar-refractivity contribution in [3.8, 4) is 5.69 Å². The predicted octanol–water partition coefficient (Wildman–Crippen LogP) is 3.75. The molecule has 0 fully saturated rings. The highest BCUT2D eigenvalue weighted by Crippen LogP contribution is 2.27. The van der Waals surface area contributed by atoms with E-state index in [1.807, 2.05) is 11.6 Å². The van der Waals surface area contributed by atoms with Crippen molar-refractivity contribution in [3.05, 3.63) is 44.1 Å². The van der Waals surface area contributed by atoms with Gasteiger partial charge in [0, 0.05) is 24.7 Å². The Hall–Kier alpha value is -0.690. The minimum Gasteiger partial charge on any atom is -0.383 e. The van der Waals surface area contributed by atoms with E-state index in [1.165, 1.54) is 5.56 Å². The van der Waals surface area contributed by atoms with Gasteiger partial charge in [-0.05, 0) is 63.4 Å². The van der Waals surface area contributed by atoms with Gasteiger partial charge in [-0.25, -0.2) is 4.68 Å². The molecule has 0 amide bonds. The van der Waals surface area contributed by atoms with Crippen molar-refractivity contribution < 1.29 is 4.74 Å². The lowest BCUT2D eigenvalue weighted by Gasteiger charge is -2.10. The summed E-state index contributed by atoms with van der Waals surface area (Å²) >= 11 is 7.21. The third-order valence-corrected chi connectivity index (χ3v) is 5.04. The number of nitrogens with one attached hydrogen (secondary N) is 1. The average molecular weight is 417 g/mol. The number of rotatable bonds is 6. The first kappa shape index (κ1) is 16.7. The number of methoxy groups -OCH3 is 1. The second kappa shape index (κ2) is 7.54. The molecule has 0 spiro atoms. The molecule has 2 aromatic rings. The maximum atomic E-state index is 5.02. The van der Waals surface area contributed by atoms with Crippen LogP contribution < -0.4 is 5.32 Å². The van der Waals surface area contributed by atoms with Gasteiger partial charge in [0.1, 0.15) is 0 Å². The number of hydrogen-bond donors (Lipinski definition) is 1. The van der Waals surface area contributed by atoms with Crippen molar-refractivity contribution in [1.82, 2.24) is 15.1 Å². The molecule has 4 nitrogen and oxygen atoms in total. The summed E-state index contributed by atoms with van der Waals surface area (Å²) in [6.45, 7) is 6.44. The number of nitrogens with zero attached hydrogens (tertiary/aromatic N) is 2. The molecule has 1 aromatic heterocycles. The fourth-order valence-corrected chi connectivity index (χ4v) is 2.94. The van der Waals surface area contributed by atoms with Crippen molar-refractivity contribution in [2.75, 3.05) is 20.3 Å². The Morgan fingerprint density at radius 2 is 2.05 bits per heavy atom. The highest BCUT2D eigenvalue weighted by molar-refractivity contribution is 9.11. The molecule has 0 saturated heterocycles. The molecule has 0 unspecified atom stereocenters. The molecule has 1 heterocycles. The summed E-state index contributed by atoms with van der Waals surface area (Å²) in [5.74, 6) is 0. The van der Waals surface area contributed by atoms with Crippen LogP contribution in [0.15, 0.2) is 27.1 Å². The fourth-order valence-electron chi connectivity index (χ4n) is 2.10. The highest BCUT2D eigenvalue weighted by Gasteiger charge is 2.12. The molecule has 6 heteroatoms. The SMILES string of the molecule is COCCNCc1ccc(-n2nc(C)c(Br)c2C)c(Br)c1. The van der Waals surface area contributed by atoms with Crippen LogP contribution in [-0.4, -0.2) is 30.0 Å². The molecule has 0 aliphatic rings. The molecule has 0 aliphatic carbocycles. The maximum absolute atomic E-state index is 5.02. The van der Waals surface area contributed by atoms with E-state index < -0.39 is 0 Å². The highest BCUT2D eigenvalue weighted by atomic mass is 79.9. The first-order valence-corrected chi connectivity index (χ1v) is 8.33. The summed E-state index contributed by atoms with van der Waals surface area (Å²) in [5, 5.41) is 7.90. The van der Waals surface area contributed by atoms with Gasteiger partial charge >= 0.3 is 0 Å². The van der Waals surface area contributed by atoms with Gasteiger partial charge in [-0.1, -0.05) is 6.07 Å². The molecule has 114 valence electrons. The normalized spacial score (nSPS) is 11.1. The van der Waals surface area contributed by atoms with Crippen LogP contribution in [0, 0.1) is 13.8 Å². The standard InChI is InChI=1S/C15H19Br2N3O/c1-10-15(17)11(2)20(19-10)14-5-4-12(8-13(14)16)9-18-6-7-21-3/h4-5,8,18H,6-7,9H2,1-3H3. The smallest absolute Gasteiger partial charge is 0.0791 e. The lowest BCUT2D eigenvalue weighted by molar-refractivity contribution is 0.199. The summed E-state index contributed by atoms with van der Waals surface area (Å²) < 4.78 is 9.06. The van der Waals surface area contributed by atoms with Crippen LogP contribution in [0.1, 0.15) is 17.0 Å². The van der Waals surface area contributed by atoms with Gasteiger partial charge in [0.15, 0.2) is 0 Å². The number of aromatic nitrogens is 2. The van der Waals surface area contributed by atoms with Crippen molar-refractivity contribution in [2.45, 2.75) is 20.4 Å². The van der Waals surface area contributed by atoms with Gasteiger partial charge in [0.25, 0.3) is 0 Å². The molecule has 0 aliphatic heterocycles. The van der Waals surface area contributed by atoms with Gasteiger partial charge in [0.2, 0.25) is 0 Å². The van der Waals surface area contributed by atoms with Crippen LogP contribution in [-0.2, 0) is 11.3 Å². The second-order valence-corrected chi connectivity index (χ2v) is 6.50. The third kappa shape index (κ3) is 3.94. The monoisotopic (exact) mass is 415 g/mol. The maximum Gasteiger partial charge on any atom is 0.0791 e. The summed E-state index contributed by atoms with van der Waals surface area (Å²) in [7, 11) is 1.71. The molecule has 0 radical (unpaired) electrons. The van der Waals surface area contributed by atoms with E-state index in [0.717, 1.165) is 45.7 Å². The van der Waals surface area contributed by atoms with Crippen molar-refractivity contribution in [1.29, 1.82) is 0 Å². The topological polar surface area (TPSA) is 39.1 Å². The van der Waals surface area contributed by atoms with Crippen molar-refractivity contribution in [3.63, 3.8) is 0 Å². The lowest BCUT2D eigenvalue weighted by atomic mass is 10.2. The number of benzene rings is 1. The van der Waals surface area contributed by atoms with E-state index >= 15 is 0 Å². The Balaban J connectivity index is 2.17. The Labute approximate surface area is 142 Å². The van der Waals surface area contributed by atoms with E-state index in [4.69, 9.17) is 4.74 Å². The Bertz CT molecular complexity index is 626. The molecule has 1 aromatic carbocycles. The Morgan fingerprint density at radius 3 is 2.62 bits per heavy atom. The van der Waals surface area contributed by atoms with Crippen LogP contribution >= 0.6 is 31.9 Å². The lowest BCUT2D eigenvalue weighted by Crippen LogP contribution is -2.18. The predicted molar refractivity (Wildman–Crippen MR) is 92.0 cm³/mol. The van der Waals surface area contributed by atoms with Crippen molar-refractivity contribution >= 4 is 31.9 Å². The fraction of sp³-hybridized carbons (Fsp3) is 0.400. The summed E-state index contributed by atoms with van der Waals surface area (Å²) in [4.78, 5) is 0. The molecular formula is C15H19Br2N3O. The van der Waals surface area contributed by atoms with E-state index in [2.05, 4.69) is 67.4 Å². The Kier molecular flexibility index (Phi) is 5.98. The van der Waals surface area contributed by atoms with Crippen LogP contribution in [0.25, 0.3) is 5.69 Å². The van der Waals surface area contributed by atoms with E-state index in [-0.39, 0.29) is 0 Å². The molecule has 0 saturated carbocycles. The van der Waals surface area contributed by atoms with Crippen LogP contribution in [0.3, 0.4) is 0 Å². The molecule has 0 atom stereocenters. The first-order valence-electron chi connectivity index (χ1n) is 6.74. The van der Waals surface area contributed by atoms with Crippen LogP contribution in [0.5, 0.6) is 0 Å². The van der Waals surface area contributed by atoms with E-state index in [0.29, 0.717) is 0 Å². The van der Waals surface area contributed by atoms with Gasteiger partial charge in [0.05, 0.1) is 28.2 Å². The zero-order valence-corrected chi connectivity index (χ0v) is 15.6. The van der Waals surface area contributed by atoms with Gasteiger partial charge in [-0.3, -0.25) is 0 Å². The molecule has 1 N–H and O–H groups in total. The van der Waals surface area contributed by atoms with Gasteiger partial charge in [-0.2, -0.15) is 5.10 Å². The average Bonchev–Trinajstić information content (AvgIpc) is 2.71. The minimum absolute atomic E-state index is 0.721. The molecule has 21 heavy (non-hydrogen) atoms. The zero-order valence-electron chi connectivity index (χ0n) is 12.4. The van der Waals surface area contributed by atoms with Gasteiger partial charge < -0.3 is 10.1 Å². The van der Waals surface area contributed by atoms with E-state index in [9.17, 15) is 0 Å². The summed E-state index contributed by atoms with van der Waals surface area (Å²) in [5.41, 5.74) is 4.35. The number of hydrogen-bond acceptors (Lipinski definition) is 3. The molecular weight excluding hydrogens is 398 g/mol. The minimum atomic E-state index is 0.721. The number of aryl methyl sites for hydroxylation is 1. The van der Waals surface area contributed by atoms with Crippen molar-refractivity contribution in [2.24, 2.45) is 0 Å². The number of ether oxygens (including phenoxy) is 1. The zero-order chi connectivity index (χ0) is 15.4. The molecule has 2 rings (SSSR count). The Morgan fingerprint density at radius 1 is 1.29 bits per heavy atom. The number of halogens is 2. The largest absolute Gasteiger partial charge is 0.383 e. The second-order valence-electron chi connectivity index (χ2n) is 4.85. The first-order chi connectivity index (χ1) is 10.0. The summed E-state index contributed by atoms with van der Waals surface area (Å²) in [6.07, 6.45) is 0. The van der Waals surface area contributed by atoms with Crippen LogP contribution in [0.2, 0.25) is 0 Å². The summed E-state index contributed by atoms with van der Waals surface area (Å²) in [6, 6.07) is 6.33. The molecule has 0 bridgehead atoms. The van der Waals surface area contributed by atoms with Crippen LogP contribution in [0.4, 0.5) is 0 Å². The van der Waals surface area contributed by atoms with E-state index in [1.54, 1.807) is 7.11 Å². The van der Waals surface area contributed by atoms with Gasteiger partial charge in [-0.15, -0.1) is 0 Å². The third-order valence-electron chi connectivity index (χ3n) is 3.26. The quantitative estimate of drug-likeness (QED) is 0.728.